The highest BCUT2D eigenvalue weighted by molar-refractivity contribution is 9.09. The van der Waals surface area contributed by atoms with Gasteiger partial charge in [0.25, 0.3) is 0 Å². The molecule has 74 valence electrons. The second-order valence-corrected chi connectivity index (χ2v) is 5.79. The van der Waals surface area contributed by atoms with Crippen molar-refractivity contribution in [2.24, 2.45) is 0 Å². The van der Waals surface area contributed by atoms with Gasteiger partial charge in [-0.3, -0.25) is 0 Å². The van der Waals surface area contributed by atoms with Crippen LogP contribution in [0.15, 0.2) is 0 Å². The van der Waals surface area contributed by atoms with Crippen molar-refractivity contribution in [3.63, 3.8) is 0 Å². The van der Waals surface area contributed by atoms with Gasteiger partial charge in [0.2, 0.25) is 0 Å². The quantitative estimate of drug-likeness (QED) is 0.542. The molecule has 0 saturated carbocycles. The van der Waals surface area contributed by atoms with Crippen LogP contribution in [0.1, 0.15) is 13.3 Å². The summed E-state index contributed by atoms with van der Waals surface area (Å²) < 4.78 is 22.0. The lowest BCUT2D eigenvalue weighted by atomic mass is 10.5. The molecule has 3 nitrogen and oxygen atoms in total. The van der Waals surface area contributed by atoms with Crippen LogP contribution in [0.4, 0.5) is 0 Å². The van der Waals surface area contributed by atoms with Crippen LogP contribution in [0.2, 0.25) is 0 Å². The van der Waals surface area contributed by atoms with Crippen molar-refractivity contribution >= 4 is 25.8 Å². The summed E-state index contributed by atoms with van der Waals surface area (Å²) in [5.74, 6) is 0.560. The van der Waals surface area contributed by atoms with Gasteiger partial charge >= 0.3 is 0 Å². The van der Waals surface area contributed by atoms with E-state index >= 15 is 0 Å². The van der Waals surface area contributed by atoms with E-state index in [0.717, 1.165) is 18.4 Å². The maximum absolute atomic E-state index is 11.0. The number of nitrogens with one attached hydrogen (secondary N) is 1. The molecule has 0 saturated heterocycles. The molecule has 0 bridgehead atoms. The molecule has 0 radical (unpaired) electrons. The highest BCUT2D eigenvalue weighted by atomic mass is 79.9. The van der Waals surface area contributed by atoms with E-state index < -0.39 is 9.84 Å². The van der Waals surface area contributed by atoms with Gasteiger partial charge in [0.05, 0.1) is 5.75 Å². The minimum Gasteiger partial charge on any atom is -0.316 e. The van der Waals surface area contributed by atoms with E-state index in [2.05, 4.69) is 21.2 Å². The number of sulfone groups is 1. The smallest absolute Gasteiger partial charge is 0.150 e. The molecule has 0 aliphatic carbocycles. The summed E-state index contributed by atoms with van der Waals surface area (Å²) in [6, 6.07) is 0. The lowest BCUT2D eigenvalue weighted by Crippen LogP contribution is -2.20. The molecule has 0 rings (SSSR count). The number of hydrogen-bond acceptors (Lipinski definition) is 3. The predicted molar refractivity (Wildman–Crippen MR) is 55.6 cm³/mol. The Bertz CT molecular complexity index is 192. The molecule has 5 heteroatoms. The van der Waals surface area contributed by atoms with Gasteiger partial charge < -0.3 is 5.32 Å². The fourth-order valence-electron chi connectivity index (χ4n) is 0.753. The second-order valence-electron chi connectivity index (χ2n) is 2.53. The van der Waals surface area contributed by atoms with Gasteiger partial charge in [0.15, 0.2) is 0 Å². The van der Waals surface area contributed by atoms with E-state index in [0.29, 0.717) is 12.2 Å². The minimum atomic E-state index is -2.76. The monoisotopic (exact) mass is 257 g/mol. The van der Waals surface area contributed by atoms with Crippen molar-refractivity contribution in [2.45, 2.75) is 13.3 Å². The van der Waals surface area contributed by atoms with Gasteiger partial charge in [0.1, 0.15) is 9.84 Å². The van der Waals surface area contributed by atoms with Crippen molar-refractivity contribution < 1.29 is 8.42 Å². The zero-order chi connectivity index (χ0) is 9.45. The first-order valence-electron chi connectivity index (χ1n) is 4.09. The molecule has 0 aliphatic rings. The fraction of sp³-hybridized carbons (Fsp3) is 1.00. The van der Waals surface area contributed by atoms with Crippen LogP contribution < -0.4 is 5.32 Å². The second kappa shape index (κ2) is 6.86. The first kappa shape index (κ1) is 12.4. The molecule has 0 heterocycles. The Morgan fingerprint density at radius 1 is 1.33 bits per heavy atom. The molecule has 0 aromatic rings. The number of rotatable bonds is 7. The standard InChI is InChI=1S/C7H16BrNO2S/c1-2-12(10,11)7-3-5-9-6-4-8/h9H,2-7H2,1H3. The number of hydrogen-bond donors (Lipinski definition) is 1. The van der Waals surface area contributed by atoms with E-state index in [1.807, 2.05) is 0 Å². The van der Waals surface area contributed by atoms with Crippen molar-refractivity contribution in [3.05, 3.63) is 0 Å². The van der Waals surface area contributed by atoms with E-state index in [1.165, 1.54) is 0 Å². The minimum absolute atomic E-state index is 0.255. The number of halogens is 1. The number of alkyl halides is 1. The maximum Gasteiger partial charge on any atom is 0.150 e. The van der Waals surface area contributed by atoms with E-state index in [9.17, 15) is 8.42 Å². The molecule has 0 spiro atoms. The van der Waals surface area contributed by atoms with Crippen molar-refractivity contribution in [3.8, 4) is 0 Å². The Morgan fingerprint density at radius 2 is 2.00 bits per heavy atom. The van der Waals surface area contributed by atoms with Crippen LogP contribution in [0.25, 0.3) is 0 Å². The van der Waals surface area contributed by atoms with Gasteiger partial charge in [-0.15, -0.1) is 0 Å². The molecule has 0 fully saturated rings. The van der Waals surface area contributed by atoms with Crippen molar-refractivity contribution in [1.29, 1.82) is 0 Å². The third-order valence-corrected chi connectivity index (χ3v) is 3.71. The zero-order valence-corrected chi connectivity index (χ0v) is 9.75. The largest absolute Gasteiger partial charge is 0.316 e. The molecule has 0 aromatic carbocycles. The highest BCUT2D eigenvalue weighted by Crippen LogP contribution is 1.91. The van der Waals surface area contributed by atoms with Gasteiger partial charge in [-0.05, 0) is 13.0 Å². The first-order chi connectivity index (χ1) is 5.62. The summed E-state index contributed by atoms with van der Waals surface area (Å²) in [5.41, 5.74) is 0. The molecule has 12 heavy (non-hydrogen) atoms. The zero-order valence-electron chi connectivity index (χ0n) is 7.35. The molecule has 0 amide bonds. The van der Waals surface area contributed by atoms with Crippen LogP contribution in [0.3, 0.4) is 0 Å². The van der Waals surface area contributed by atoms with Crippen molar-refractivity contribution in [1.82, 2.24) is 5.32 Å². The third-order valence-electron chi connectivity index (χ3n) is 1.52. The average Bonchev–Trinajstić information content (AvgIpc) is 2.04. The van der Waals surface area contributed by atoms with Gasteiger partial charge in [0, 0.05) is 17.6 Å². The van der Waals surface area contributed by atoms with E-state index in [1.54, 1.807) is 6.92 Å². The summed E-state index contributed by atoms with van der Waals surface area (Å²) in [7, 11) is -2.76. The van der Waals surface area contributed by atoms with E-state index in [4.69, 9.17) is 0 Å². The first-order valence-corrected chi connectivity index (χ1v) is 7.03. The lowest BCUT2D eigenvalue weighted by molar-refractivity contribution is 0.591. The van der Waals surface area contributed by atoms with Crippen LogP contribution in [0, 0.1) is 0 Å². The van der Waals surface area contributed by atoms with Crippen LogP contribution >= 0.6 is 15.9 Å². The van der Waals surface area contributed by atoms with Gasteiger partial charge in [-0.2, -0.15) is 0 Å². The average molecular weight is 258 g/mol. The topological polar surface area (TPSA) is 46.2 Å². The SMILES string of the molecule is CCS(=O)(=O)CCCNCCBr. The molecule has 0 atom stereocenters. The molecule has 0 aliphatic heterocycles. The van der Waals surface area contributed by atoms with Crippen LogP contribution in [-0.2, 0) is 9.84 Å². The Hall–Kier alpha value is 0.390. The Kier molecular flexibility index (Phi) is 7.08. The molecule has 0 unspecified atom stereocenters. The third kappa shape index (κ3) is 7.06. The summed E-state index contributed by atoms with van der Waals surface area (Å²) in [4.78, 5) is 0. The fourth-order valence-corrected chi connectivity index (χ4v) is 1.91. The molecular formula is C7H16BrNO2S. The van der Waals surface area contributed by atoms with Gasteiger partial charge in [-0.1, -0.05) is 22.9 Å². The van der Waals surface area contributed by atoms with E-state index in [-0.39, 0.29) is 5.75 Å². The van der Waals surface area contributed by atoms with Crippen LogP contribution in [0.5, 0.6) is 0 Å². The van der Waals surface area contributed by atoms with Gasteiger partial charge in [-0.25, -0.2) is 8.42 Å². The maximum atomic E-state index is 11.0. The van der Waals surface area contributed by atoms with Crippen molar-refractivity contribution in [2.75, 3.05) is 29.9 Å². The summed E-state index contributed by atoms with van der Waals surface area (Å²) >= 11 is 3.27. The lowest BCUT2D eigenvalue weighted by Gasteiger charge is -2.02. The summed E-state index contributed by atoms with van der Waals surface area (Å²) in [6.45, 7) is 3.36. The molecule has 0 aromatic heterocycles. The summed E-state index contributed by atoms with van der Waals surface area (Å²) in [5, 5.41) is 4.03. The molecular weight excluding hydrogens is 242 g/mol. The van der Waals surface area contributed by atoms with Crippen LogP contribution in [-0.4, -0.2) is 38.3 Å². The molecule has 1 N–H and O–H groups in total. The predicted octanol–water partition coefficient (Wildman–Crippen LogP) is 0.796. The Balaban J connectivity index is 3.32. The Morgan fingerprint density at radius 3 is 2.50 bits per heavy atom. The summed E-state index contributed by atoms with van der Waals surface area (Å²) in [6.07, 6.45) is 0.711. The normalized spacial score (nSPS) is 11.8. The Labute approximate surface area is 83.0 Å². The highest BCUT2D eigenvalue weighted by Gasteiger charge is 2.05.